The summed E-state index contributed by atoms with van der Waals surface area (Å²) in [6.07, 6.45) is 2.35. The van der Waals surface area contributed by atoms with Gasteiger partial charge in [0.25, 0.3) is 0 Å². The Morgan fingerprint density at radius 3 is 2.31 bits per heavy atom. The molecule has 0 amide bonds. The topological polar surface area (TPSA) is 0 Å². The maximum atomic E-state index is 3.73. The second kappa shape index (κ2) is 5.03. The largest absolute Gasteiger partial charge is 0.0651 e. The molecule has 0 saturated heterocycles. The van der Waals surface area contributed by atoms with Crippen molar-refractivity contribution in [3.63, 3.8) is 0 Å². The summed E-state index contributed by atoms with van der Waals surface area (Å²) >= 11 is 7.43. The molecule has 0 aliphatic rings. The van der Waals surface area contributed by atoms with E-state index in [1.165, 1.54) is 36.9 Å². The SMILES string of the molecule is CCCc1c(Br)c(Br)c2ccccc2c1[SiH3]. The van der Waals surface area contributed by atoms with E-state index >= 15 is 0 Å². The normalized spacial score (nSPS) is 11.2. The maximum Gasteiger partial charge on any atom is 0.0398 e. The van der Waals surface area contributed by atoms with Gasteiger partial charge in [-0.15, -0.1) is 0 Å². The summed E-state index contributed by atoms with van der Waals surface area (Å²) in [7, 11) is 1.10. The van der Waals surface area contributed by atoms with Crippen molar-refractivity contribution in [2.75, 3.05) is 0 Å². The molecular formula is C13H14Br2Si. The Morgan fingerprint density at radius 2 is 1.69 bits per heavy atom. The second-order valence-corrected chi connectivity index (χ2v) is 6.61. The number of fused-ring (bicyclic) bond motifs is 1. The van der Waals surface area contributed by atoms with E-state index in [1.807, 2.05) is 0 Å². The standard InChI is InChI=1S/C13H14Br2Si/c1-2-5-10-12(15)11(14)8-6-3-4-7-9(8)13(10)16/h3-4,6-7H,2,5H2,1,16H3. The molecule has 0 heterocycles. The Hall–Kier alpha value is -0.123. The van der Waals surface area contributed by atoms with Crippen LogP contribution in [0.3, 0.4) is 0 Å². The highest BCUT2D eigenvalue weighted by Gasteiger charge is 2.12. The van der Waals surface area contributed by atoms with Crippen molar-refractivity contribution < 1.29 is 0 Å². The Morgan fingerprint density at radius 1 is 1.06 bits per heavy atom. The Kier molecular flexibility index (Phi) is 3.87. The molecule has 2 aromatic carbocycles. The zero-order valence-electron chi connectivity index (χ0n) is 9.48. The van der Waals surface area contributed by atoms with Crippen molar-refractivity contribution in [3.05, 3.63) is 38.8 Å². The molecule has 0 N–H and O–H groups in total. The summed E-state index contributed by atoms with van der Waals surface area (Å²) < 4.78 is 2.45. The molecule has 0 fully saturated rings. The zero-order chi connectivity index (χ0) is 11.7. The van der Waals surface area contributed by atoms with Crippen LogP contribution < -0.4 is 5.19 Å². The van der Waals surface area contributed by atoms with Gasteiger partial charge < -0.3 is 0 Å². The smallest absolute Gasteiger partial charge is 0.0398 e. The first-order chi connectivity index (χ1) is 7.66. The molecule has 3 heteroatoms. The molecule has 0 saturated carbocycles. The molecule has 0 spiro atoms. The number of hydrogen-bond acceptors (Lipinski definition) is 0. The van der Waals surface area contributed by atoms with Gasteiger partial charge in [0, 0.05) is 19.2 Å². The lowest BCUT2D eigenvalue weighted by molar-refractivity contribution is 0.923. The van der Waals surface area contributed by atoms with E-state index in [1.54, 1.807) is 0 Å². The van der Waals surface area contributed by atoms with Crippen molar-refractivity contribution in [1.29, 1.82) is 0 Å². The van der Waals surface area contributed by atoms with Gasteiger partial charge in [0.05, 0.1) is 0 Å². The fourth-order valence-corrected chi connectivity index (χ4v) is 4.72. The van der Waals surface area contributed by atoms with Gasteiger partial charge in [-0.25, -0.2) is 0 Å². The first-order valence-electron chi connectivity index (χ1n) is 5.52. The molecule has 84 valence electrons. The summed E-state index contributed by atoms with van der Waals surface area (Å²) in [6.45, 7) is 2.23. The second-order valence-electron chi connectivity index (χ2n) is 4.03. The summed E-state index contributed by atoms with van der Waals surface area (Å²) in [5, 5.41) is 4.26. The van der Waals surface area contributed by atoms with E-state index in [2.05, 4.69) is 63.0 Å². The number of rotatable bonds is 2. The van der Waals surface area contributed by atoms with Gasteiger partial charge in [0.1, 0.15) is 0 Å². The molecule has 0 bridgehead atoms. The minimum Gasteiger partial charge on any atom is -0.0651 e. The van der Waals surface area contributed by atoms with Crippen molar-refractivity contribution in [3.8, 4) is 0 Å². The third-order valence-corrected chi connectivity index (χ3v) is 6.35. The predicted octanol–water partition coefficient (Wildman–Crippen LogP) is 3.31. The lowest BCUT2D eigenvalue weighted by Crippen LogP contribution is -2.13. The highest BCUT2D eigenvalue weighted by Crippen LogP contribution is 2.33. The molecule has 0 aliphatic heterocycles. The summed E-state index contributed by atoms with van der Waals surface area (Å²) in [5.74, 6) is 0. The van der Waals surface area contributed by atoms with Gasteiger partial charge in [0.2, 0.25) is 0 Å². The van der Waals surface area contributed by atoms with Gasteiger partial charge in [-0.1, -0.05) is 42.8 Å². The van der Waals surface area contributed by atoms with E-state index in [0.29, 0.717) is 0 Å². The van der Waals surface area contributed by atoms with Crippen molar-refractivity contribution >= 4 is 58.1 Å². The Bertz CT molecular complexity index is 535. The molecule has 16 heavy (non-hydrogen) atoms. The highest BCUT2D eigenvalue weighted by molar-refractivity contribution is 9.13. The number of hydrogen-bond donors (Lipinski definition) is 0. The summed E-state index contributed by atoms with van der Waals surface area (Å²) in [5.41, 5.74) is 1.49. The monoisotopic (exact) mass is 356 g/mol. The molecule has 0 atom stereocenters. The van der Waals surface area contributed by atoms with Crippen LogP contribution in [0.15, 0.2) is 33.2 Å². The van der Waals surface area contributed by atoms with E-state index in [4.69, 9.17) is 0 Å². The zero-order valence-corrected chi connectivity index (χ0v) is 14.7. The van der Waals surface area contributed by atoms with Gasteiger partial charge in [0.15, 0.2) is 0 Å². The quantitative estimate of drug-likeness (QED) is 0.723. The fraction of sp³-hybridized carbons (Fsp3) is 0.231. The minimum absolute atomic E-state index is 1.10. The van der Waals surface area contributed by atoms with Crippen molar-refractivity contribution in [2.45, 2.75) is 19.8 Å². The lowest BCUT2D eigenvalue weighted by atomic mass is 10.0. The maximum absolute atomic E-state index is 3.73. The van der Waals surface area contributed by atoms with Gasteiger partial charge >= 0.3 is 0 Å². The van der Waals surface area contributed by atoms with Crippen LogP contribution in [0.4, 0.5) is 0 Å². The molecule has 0 aliphatic carbocycles. The first kappa shape index (κ1) is 12.3. The van der Waals surface area contributed by atoms with Crippen molar-refractivity contribution in [1.82, 2.24) is 0 Å². The molecule has 2 aromatic rings. The minimum atomic E-state index is 1.10. The predicted molar refractivity (Wildman–Crippen MR) is 82.9 cm³/mol. The van der Waals surface area contributed by atoms with Crippen LogP contribution in [0.2, 0.25) is 0 Å². The van der Waals surface area contributed by atoms with E-state index in [0.717, 1.165) is 16.7 Å². The van der Waals surface area contributed by atoms with E-state index < -0.39 is 0 Å². The van der Waals surface area contributed by atoms with Crippen LogP contribution in [0.5, 0.6) is 0 Å². The number of halogens is 2. The van der Waals surface area contributed by atoms with Crippen LogP contribution in [0.1, 0.15) is 18.9 Å². The van der Waals surface area contributed by atoms with Gasteiger partial charge in [-0.3, -0.25) is 0 Å². The van der Waals surface area contributed by atoms with Crippen molar-refractivity contribution in [2.24, 2.45) is 0 Å². The summed E-state index contributed by atoms with van der Waals surface area (Å²) in [6, 6.07) is 8.63. The Balaban J connectivity index is 2.83. The molecule has 0 unspecified atom stereocenters. The molecule has 0 aromatic heterocycles. The van der Waals surface area contributed by atoms with Crippen LogP contribution in [-0.2, 0) is 6.42 Å². The van der Waals surface area contributed by atoms with Crippen LogP contribution in [0.25, 0.3) is 10.8 Å². The number of benzene rings is 2. The Labute approximate surface area is 116 Å². The average molecular weight is 358 g/mol. The van der Waals surface area contributed by atoms with Crippen LogP contribution in [0, 0.1) is 0 Å². The van der Waals surface area contributed by atoms with Gasteiger partial charge in [-0.05, 0) is 54.6 Å². The van der Waals surface area contributed by atoms with Crippen LogP contribution >= 0.6 is 31.9 Å². The molecule has 0 radical (unpaired) electrons. The lowest BCUT2D eigenvalue weighted by Gasteiger charge is -2.14. The highest BCUT2D eigenvalue weighted by atomic mass is 79.9. The third-order valence-electron chi connectivity index (χ3n) is 2.98. The van der Waals surface area contributed by atoms with Crippen LogP contribution in [-0.4, -0.2) is 10.2 Å². The molecular weight excluding hydrogens is 344 g/mol. The fourth-order valence-electron chi connectivity index (χ4n) is 2.13. The van der Waals surface area contributed by atoms with Gasteiger partial charge in [-0.2, -0.15) is 0 Å². The molecule has 2 rings (SSSR count). The molecule has 0 nitrogen and oxygen atoms in total. The first-order valence-corrected chi connectivity index (χ1v) is 8.10. The van der Waals surface area contributed by atoms with E-state index in [-0.39, 0.29) is 0 Å². The average Bonchev–Trinajstić information content (AvgIpc) is 2.32. The summed E-state index contributed by atoms with van der Waals surface area (Å²) in [4.78, 5) is 0. The van der Waals surface area contributed by atoms with E-state index in [9.17, 15) is 0 Å². The third kappa shape index (κ3) is 2.00.